The molecule has 0 bridgehead atoms. The summed E-state index contributed by atoms with van der Waals surface area (Å²) in [6, 6.07) is -0.740. The number of hydrogen-bond donors (Lipinski definition) is 3. The van der Waals surface area contributed by atoms with Crippen LogP contribution in [0, 0.1) is 0 Å². The Bertz CT molecular complexity index is 237. The Balaban J connectivity index is 0. The molecule has 0 aromatic heterocycles. The molecule has 0 spiro atoms. The van der Waals surface area contributed by atoms with Gasteiger partial charge in [0.1, 0.15) is 6.42 Å². The molecule has 17 heavy (non-hydrogen) atoms. The molecule has 0 radical (unpaired) electrons. The van der Waals surface area contributed by atoms with Crippen molar-refractivity contribution in [2.75, 3.05) is 0 Å². The van der Waals surface area contributed by atoms with Crippen LogP contribution >= 0.6 is 0 Å². The minimum Gasteiger partial charge on any atom is -0.481 e. The van der Waals surface area contributed by atoms with E-state index in [1.807, 2.05) is 10.6 Å². The third-order valence-electron chi connectivity index (χ3n) is 1.33. The number of imide groups is 2. The summed E-state index contributed by atoms with van der Waals surface area (Å²) in [6.45, 7) is 5.44. The quantitative estimate of drug-likeness (QED) is 0.588. The van der Waals surface area contributed by atoms with Crippen molar-refractivity contribution in [1.29, 1.82) is 0 Å². The Morgan fingerprint density at radius 2 is 1.41 bits per heavy atom. The molecule has 3 N–H and O–H groups in total. The average Bonchev–Trinajstić information content (AvgIpc) is 2.15. The molecule has 0 atom stereocenters. The van der Waals surface area contributed by atoms with Crippen molar-refractivity contribution in [3.63, 3.8) is 0 Å². The van der Waals surface area contributed by atoms with E-state index in [-0.39, 0.29) is 6.42 Å². The Morgan fingerprint density at radius 3 is 1.59 bits per heavy atom. The smallest absolute Gasteiger partial charge is 0.328 e. The first kappa shape index (κ1) is 17.5. The van der Waals surface area contributed by atoms with Crippen LogP contribution in [0.15, 0.2) is 0 Å². The molecule has 0 aromatic carbocycles. The second-order valence-corrected chi connectivity index (χ2v) is 3.12. The van der Waals surface area contributed by atoms with Crippen molar-refractivity contribution in [3.8, 4) is 0 Å². The summed E-state index contributed by atoms with van der Waals surface area (Å²) in [5.41, 5.74) is 0. The lowest BCUT2D eigenvalue weighted by atomic mass is 10.3. The Morgan fingerprint density at radius 1 is 1.12 bits per heavy atom. The molecule has 1 fully saturated rings. The fourth-order valence-electron chi connectivity index (χ4n) is 0.519. The summed E-state index contributed by atoms with van der Waals surface area (Å²) in [5, 5.41) is 11.2. The number of hydrogen-bond acceptors (Lipinski definition) is 4. The highest BCUT2D eigenvalue weighted by Gasteiger charge is 2.20. The highest BCUT2D eigenvalue weighted by molar-refractivity contribution is 6.14. The first-order valence-corrected chi connectivity index (χ1v) is 5.16. The number of unbranched alkanes of at least 4 members (excludes halogenated alkanes) is 1. The number of nitrogens with one attached hydrogen (secondary N) is 2. The Labute approximate surface area is 99.6 Å². The van der Waals surface area contributed by atoms with Crippen LogP contribution in [0.5, 0.6) is 0 Å². The van der Waals surface area contributed by atoms with Crippen molar-refractivity contribution in [1.82, 2.24) is 10.6 Å². The normalized spacial score (nSPS) is 13.2. The van der Waals surface area contributed by atoms with Crippen molar-refractivity contribution in [3.05, 3.63) is 0 Å². The van der Waals surface area contributed by atoms with Crippen LogP contribution in [0.4, 0.5) is 4.79 Å². The number of carbonyl (C=O) groups is 4. The summed E-state index contributed by atoms with van der Waals surface area (Å²) in [6.07, 6.45) is 2.38. The molecule has 0 aliphatic carbocycles. The number of carbonyl (C=O) groups excluding carboxylic acids is 3. The summed E-state index contributed by atoms with van der Waals surface area (Å²) in [5.74, 6) is -1.94. The first-order valence-electron chi connectivity index (χ1n) is 5.16. The van der Waals surface area contributed by atoms with E-state index in [4.69, 9.17) is 9.90 Å². The summed E-state index contributed by atoms with van der Waals surface area (Å²) >= 11 is 0. The molecule has 1 aliphatic rings. The highest BCUT2D eigenvalue weighted by atomic mass is 16.4. The maximum Gasteiger partial charge on any atom is 0.328 e. The van der Waals surface area contributed by atoms with E-state index in [2.05, 4.69) is 13.8 Å². The van der Waals surface area contributed by atoms with Crippen molar-refractivity contribution in [2.24, 2.45) is 0 Å². The van der Waals surface area contributed by atoms with E-state index in [9.17, 15) is 14.4 Å². The van der Waals surface area contributed by atoms with Gasteiger partial charge in [-0.1, -0.05) is 26.7 Å². The molecule has 1 rings (SSSR count). The predicted molar refractivity (Wildman–Crippen MR) is 60.2 cm³/mol. The molecule has 0 aromatic rings. The van der Waals surface area contributed by atoms with Gasteiger partial charge < -0.3 is 5.11 Å². The van der Waals surface area contributed by atoms with Crippen LogP contribution in [-0.2, 0) is 14.4 Å². The number of carboxylic acid groups (broad SMARTS) is 1. The van der Waals surface area contributed by atoms with Gasteiger partial charge in [-0.25, -0.2) is 4.79 Å². The van der Waals surface area contributed by atoms with E-state index in [0.29, 0.717) is 0 Å². The second-order valence-electron chi connectivity index (χ2n) is 3.12. The van der Waals surface area contributed by atoms with Gasteiger partial charge in [0.25, 0.3) is 5.97 Å². The van der Waals surface area contributed by atoms with Crippen molar-refractivity contribution >= 4 is 23.8 Å². The van der Waals surface area contributed by atoms with E-state index >= 15 is 0 Å². The predicted octanol–water partition coefficient (Wildman–Crippen LogP) is 0.640. The average molecular weight is 246 g/mol. The lowest BCUT2D eigenvalue weighted by molar-refractivity contribution is -0.134. The zero-order chi connectivity index (χ0) is 13.8. The fourth-order valence-corrected chi connectivity index (χ4v) is 0.519. The van der Waals surface area contributed by atoms with Crippen molar-refractivity contribution in [2.45, 2.75) is 40.0 Å². The Hall–Kier alpha value is -1.92. The molecule has 1 aliphatic heterocycles. The van der Waals surface area contributed by atoms with Gasteiger partial charge in [0.15, 0.2) is 0 Å². The van der Waals surface area contributed by atoms with E-state index in [1.165, 1.54) is 12.8 Å². The molecule has 0 unspecified atom stereocenters. The van der Waals surface area contributed by atoms with E-state index in [0.717, 1.165) is 6.92 Å². The summed E-state index contributed by atoms with van der Waals surface area (Å²) in [7, 11) is 0. The lowest BCUT2D eigenvalue weighted by Gasteiger charge is -2.09. The standard InChI is InChI=1S/C4H4N2O3.C4H10.C2H4O2/c7-2-1-3(8)6-4(9)5-2;1-3-4-2;1-2(3)4/h1H2,(H2,5,6,7,8,9);3-4H2,1-2H3;1H3,(H,3,4). The van der Waals surface area contributed by atoms with Gasteiger partial charge in [-0.05, 0) is 0 Å². The van der Waals surface area contributed by atoms with Gasteiger partial charge in [-0.2, -0.15) is 0 Å². The van der Waals surface area contributed by atoms with Crippen molar-refractivity contribution < 1.29 is 24.3 Å². The molecule has 7 heteroatoms. The highest BCUT2D eigenvalue weighted by Crippen LogP contribution is 1.85. The van der Waals surface area contributed by atoms with Crippen LogP contribution in [0.2, 0.25) is 0 Å². The molecule has 1 saturated heterocycles. The third-order valence-corrected chi connectivity index (χ3v) is 1.33. The molecule has 1 heterocycles. The number of rotatable bonds is 1. The minimum absolute atomic E-state index is 0.258. The lowest BCUT2D eigenvalue weighted by Crippen LogP contribution is -2.49. The maximum atomic E-state index is 10.3. The minimum atomic E-state index is -0.833. The molecule has 7 nitrogen and oxygen atoms in total. The Kier molecular flexibility index (Phi) is 10.9. The van der Waals surface area contributed by atoms with Gasteiger partial charge in [0.2, 0.25) is 11.8 Å². The second kappa shape index (κ2) is 10.6. The van der Waals surface area contributed by atoms with Gasteiger partial charge in [0, 0.05) is 6.92 Å². The zero-order valence-corrected chi connectivity index (χ0v) is 10.2. The number of barbiturate groups is 1. The third kappa shape index (κ3) is 16.7. The van der Waals surface area contributed by atoms with E-state index < -0.39 is 23.8 Å². The maximum absolute atomic E-state index is 10.3. The number of urea groups is 1. The number of amides is 4. The molecule has 4 amide bonds. The molecule has 0 saturated carbocycles. The van der Waals surface area contributed by atoms with Crippen LogP contribution in [-0.4, -0.2) is 28.9 Å². The van der Waals surface area contributed by atoms with Crippen LogP contribution < -0.4 is 10.6 Å². The summed E-state index contributed by atoms with van der Waals surface area (Å²) in [4.78, 5) is 39.8. The monoisotopic (exact) mass is 246 g/mol. The summed E-state index contributed by atoms with van der Waals surface area (Å²) < 4.78 is 0. The van der Waals surface area contributed by atoms with Gasteiger partial charge in [-0.15, -0.1) is 0 Å². The van der Waals surface area contributed by atoms with Gasteiger partial charge >= 0.3 is 6.03 Å². The SMILES string of the molecule is CC(=O)O.CCCC.O=C1CC(=O)NC(=O)N1. The first-order chi connectivity index (χ1) is 7.83. The van der Waals surface area contributed by atoms with Crippen LogP contribution in [0.1, 0.15) is 40.0 Å². The number of carboxylic acids is 1. The largest absolute Gasteiger partial charge is 0.481 e. The number of aliphatic carboxylic acids is 1. The van der Waals surface area contributed by atoms with Crippen LogP contribution in [0.3, 0.4) is 0 Å². The van der Waals surface area contributed by atoms with E-state index in [1.54, 1.807) is 0 Å². The van der Waals surface area contributed by atoms with Gasteiger partial charge in [0.05, 0.1) is 0 Å². The zero-order valence-electron chi connectivity index (χ0n) is 10.2. The molecular formula is C10H18N2O5. The molecular weight excluding hydrogens is 228 g/mol. The topological polar surface area (TPSA) is 113 Å². The van der Waals surface area contributed by atoms with Gasteiger partial charge in [-0.3, -0.25) is 25.0 Å². The van der Waals surface area contributed by atoms with Crippen LogP contribution in [0.25, 0.3) is 0 Å². The molecule has 98 valence electrons. The fraction of sp³-hybridized carbons (Fsp3) is 0.600.